The molecule has 0 saturated carbocycles. The Morgan fingerprint density at radius 1 is 1.19 bits per heavy atom. The highest BCUT2D eigenvalue weighted by Crippen LogP contribution is 2.31. The molecule has 1 aliphatic rings. The van der Waals surface area contributed by atoms with Crippen molar-refractivity contribution in [1.82, 2.24) is 4.90 Å². The highest BCUT2D eigenvalue weighted by molar-refractivity contribution is 6.30. The van der Waals surface area contributed by atoms with E-state index in [1.54, 1.807) is 23.1 Å². The smallest absolute Gasteiger partial charge is 0.321 e. The van der Waals surface area contributed by atoms with E-state index in [1.165, 1.54) is 14.0 Å². The minimum absolute atomic E-state index is 0.179. The van der Waals surface area contributed by atoms with Crippen LogP contribution in [0.2, 0.25) is 5.02 Å². The molecule has 0 aliphatic carbocycles. The van der Waals surface area contributed by atoms with E-state index in [0.29, 0.717) is 35.2 Å². The van der Waals surface area contributed by atoms with E-state index in [9.17, 15) is 9.59 Å². The van der Waals surface area contributed by atoms with Gasteiger partial charge in [0.2, 0.25) is 5.91 Å². The number of methoxy groups -OCH3 is 1. The van der Waals surface area contributed by atoms with Crippen LogP contribution in [-0.4, -0.2) is 37.0 Å². The van der Waals surface area contributed by atoms with Gasteiger partial charge in [0.1, 0.15) is 5.75 Å². The molecule has 3 amide bonds. The molecule has 7 heteroatoms. The summed E-state index contributed by atoms with van der Waals surface area (Å²) in [7, 11) is 1.54. The van der Waals surface area contributed by atoms with Crippen LogP contribution in [-0.2, 0) is 4.79 Å². The second-order valence-corrected chi connectivity index (χ2v) is 6.95. The summed E-state index contributed by atoms with van der Waals surface area (Å²) >= 11 is 6.08. The molecule has 0 unspecified atom stereocenters. The zero-order valence-corrected chi connectivity index (χ0v) is 16.0. The molecule has 0 bridgehead atoms. The molecule has 3 rings (SSSR count). The lowest BCUT2D eigenvalue weighted by atomic mass is 9.99. The van der Waals surface area contributed by atoms with Crippen molar-refractivity contribution in [3.05, 3.63) is 53.1 Å². The Hall–Kier alpha value is -2.73. The maximum atomic E-state index is 12.7. The Labute approximate surface area is 163 Å². The quantitative estimate of drug-likeness (QED) is 0.820. The number of amides is 3. The highest BCUT2D eigenvalue weighted by atomic mass is 35.5. The van der Waals surface area contributed by atoms with Crippen molar-refractivity contribution in [2.24, 2.45) is 0 Å². The van der Waals surface area contributed by atoms with E-state index in [0.717, 1.165) is 12.0 Å². The van der Waals surface area contributed by atoms with Gasteiger partial charge in [-0.1, -0.05) is 23.7 Å². The third-order valence-electron chi connectivity index (χ3n) is 4.56. The second-order valence-electron chi connectivity index (χ2n) is 6.51. The van der Waals surface area contributed by atoms with Gasteiger partial charge in [0.15, 0.2) is 0 Å². The normalized spacial score (nSPS) is 16.1. The molecule has 0 aromatic heterocycles. The maximum absolute atomic E-state index is 12.7. The first-order valence-electron chi connectivity index (χ1n) is 8.73. The van der Waals surface area contributed by atoms with Crippen molar-refractivity contribution in [2.45, 2.75) is 19.3 Å². The summed E-state index contributed by atoms with van der Waals surface area (Å²) in [5.74, 6) is 0.617. The molecule has 1 aliphatic heterocycles. The summed E-state index contributed by atoms with van der Waals surface area (Å²) in [4.78, 5) is 25.7. The minimum Gasteiger partial charge on any atom is -0.495 e. The number of anilines is 2. The Bertz CT molecular complexity index is 856. The van der Waals surface area contributed by atoms with Gasteiger partial charge in [0, 0.05) is 36.6 Å². The standard InChI is InChI=1S/C20H22ClN3O3/c1-13(25)22-17-6-7-19(27-2)18(11-17)23-20(26)24-9-8-15(12-24)14-4-3-5-16(21)10-14/h3-7,10-11,15H,8-9,12H2,1-2H3,(H,22,25)(H,23,26)/t15-/m1/s1. The van der Waals surface area contributed by atoms with Crippen molar-refractivity contribution >= 4 is 34.9 Å². The first-order chi connectivity index (χ1) is 13.0. The highest BCUT2D eigenvalue weighted by Gasteiger charge is 2.28. The molecule has 1 fully saturated rings. The largest absolute Gasteiger partial charge is 0.495 e. The first-order valence-corrected chi connectivity index (χ1v) is 9.11. The molecule has 1 saturated heterocycles. The Morgan fingerprint density at radius 3 is 2.70 bits per heavy atom. The summed E-state index contributed by atoms with van der Waals surface area (Å²) in [6.45, 7) is 2.72. The molecule has 27 heavy (non-hydrogen) atoms. The van der Waals surface area contributed by atoms with Crippen LogP contribution in [0.15, 0.2) is 42.5 Å². The SMILES string of the molecule is COc1ccc(NC(C)=O)cc1NC(=O)N1CC[C@@H](c2cccc(Cl)c2)C1. The molecule has 0 radical (unpaired) electrons. The molecule has 6 nitrogen and oxygen atoms in total. The Kier molecular flexibility index (Phi) is 5.86. The van der Waals surface area contributed by atoms with Gasteiger partial charge in [0.05, 0.1) is 12.8 Å². The van der Waals surface area contributed by atoms with E-state index in [4.69, 9.17) is 16.3 Å². The fourth-order valence-electron chi connectivity index (χ4n) is 3.26. The third kappa shape index (κ3) is 4.71. The monoisotopic (exact) mass is 387 g/mol. The number of halogens is 1. The van der Waals surface area contributed by atoms with Crippen LogP contribution in [0, 0.1) is 0 Å². The minimum atomic E-state index is -0.196. The molecule has 1 heterocycles. The fourth-order valence-corrected chi connectivity index (χ4v) is 3.46. The lowest BCUT2D eigenvalue weighted by Gasteiger charge is -2.19. The average Bonchev–Trinajstić information content (AvgIpc) is 3.12. The zero-order valence-electron chi connectivity index (χ0n) is 15.3. The average molecular weight is 388 g/mol. The van der Waals surface area contributed by atoms with Gasteiger partial charge in [-0.15, -0.1) is 0 Å². The van der Waals surface area contributed by atoms with Crippen LogP contribution in [0.25, 0.3) is 0 Å². The number of hydrogen-bond donors (Lipinski definition) is 2. The topological polar surface area (TPSA) is 70.7 Å². The third-order valence-corrected chi connectivity index (χ3v) is 4.79. The Balaban J connectivity index is 1.69. The number of hydrogen-bond acceptors (Lipinski definition) is 3. The van der Waals surface area contributed by atoms with Crippen molar-refractivity contribution in [2.75, 3.05) is 30.8 Å². The molecule has 2 aromatic carbocycles. The first kappa shape index (κ1) is 19.0. The molecular formula is C20H22ClN3O3. The van der Waals surface area contributed by atoms with E-state index in [1.807, 2.05) is 24.3 Å². The van der Waals surface area contributed by atoms with E-state index < -0.39 is 0 Å². The number of urea groups is 1. The van der Waals surface area contributed by atoms with Crippen LogP contribution < -0.4 is 15.4 Å². The van der Waals surface area contributed by atoms with Gasteiger partial charge in [-0.2, -0.15) is 0 Å². The molecule has 2 N–H and O–H groups in total. The fraction of sp³-hybridized carbons (Fsp3) is 0.300. The van der Waals surface area contributed by atoms with Gasteiger partial charge in [-0.25, -0.2) is 4.79 Å². The predicted octanol–water partition coefficient (Wildman–Crippen LogP) is 4.33. The number of benzene rings is 2. The number of rotatable bonds is 4. The summed E-state index contributed by atoms with van der Waals surface area (Å²) in [5.41, 5.74) is 2.25. The van der Waals surface area contributed by atoms with Crippen LogP contribution in [0.5, 0.6) is 5.75 Å². The second kappa shape index (κ2) is 8.31. The summed E-state index contributed by atoms with van der Waals surface area (Å²) in [5, 5.41) is 6.29. The van der Waals surface area contributed by atoms with Crippen LogP contribution in [0.4, 0.5) is 16.2 Å². The number of nitrogens with one attached hydrogen (secondary N) is 2. The van der Waals surface area contributed by atoms with E-state index >= 15 is 0 Å². The van der Waals surface area contributed by atoms with Gasteiger partial charge in [0.25, 0.3) is 0 Å². The van der Waals surface area contributed by atoms with Crippen LogP contribution >= 0.6 is 11.6 Å². The summed E-state index contributed by atoms with van der Waals surface area (Å²) in [6.07, 6.45) is 0.886. The van der Waals surface area contributed by atoms with Crippen molar-refractivity contribution in [3.63, 3.8) is 0 Å². The lowest BCUT2D eigenvalue weighted by molar-refractivity contribution is -0.114. The van der Waals surface area contributed by atoms with E-state index in [2.05, 4.69) is 10.6 Å². The van der Waals surface area contributed by atoms with Crippen LogP contribution in [0.3, 0.4) is 0 Å². The summed E-state index contributed by atoms with van der Waals surface area (Å²) < 4.78 is 5.31. The Morgan fingerprint density at radius 2 is 2.00 bits per heavy atom. The molecular weight excluding hydrogens is 366 g/mol. The lowest BCUT2D eigenvalue weighted by Crippen LogP contribution is -2.33. The van der Waals surface area contributed by atoms with Crippen molar-refractivity contribution < 1.29 is 14.3 Å². The zero-order chi connectivity index (χ0) is 19.4. The van der Waals surface area contributed by atoms with Crippen LogP contribution in [0.1, 0.15) is 24.8 Å². The number of likely N-dealkylation sites (tertiary alicyclic amines) is 1. The molecule has 142 valence electrons. The maximum Gasteiger partial charge on any atom is 0.321 e. The predicted molar refractivity (Wildman–Crippen MR) is 107 cm³/mol. The summed E-state index contributed by atoms with van der Waals surface area (Å²) in [6, 6.07) is 12.7. The number of carbonyl (C=O) groups is 2. The molecule has 0 spiro atoms. The van der Waals surface area contributed by atoms with Gasteiger partial charge >= 0.3 is 6.03 Å². The van der Waals surface area contributed by atoms with Gasteiger partial charge < -0.3 is 20.3 Å². The molecule has 2 aromatic rings. The van der Waals surface area contributed by atoms with Crippen molar-refractivity contribution in [1.29, 1.82) is 0 Å². The number of nitrogens with zero attached hydrogens (tertiary/aromatic N) is 1. The van der Waals surface area contributed by atoms with Gasteiger partial charge in [-0.3, -0.25) is 4.79 Å². The number of ether oxygens (including phenoxy) is 1. The van der Waals surface area contributed by atoms with Gasteiger partial charge in [-0.05, 0) is 42.3 Å². The van der Waals surface area contributed by atoms with Crippen molar-refractivity contribution in [3.8, 4) is 5.75 Å². The molecule has 1 atom stereocenters. The number of carbonyl (C=O) groups excluding carboxylic acids is 2. The van der Waals surface area contributed by atoms with E-state index in [-0.39, 0.29) is 17.9 Å².